The van der Waals surface area contributed by atoms with Crippen molar-refractivity contribution in [2.24, 2.45) is 0 Å². The Kier molecular flexibility index (Phi) is 5.69. The summed E-state index contributed by atoms with van der Waals surface area (Å²) in [6.07, 6.45) is 5.59. The average molecular weight is 344 g/mol. The van der Waals surface area contributed by atoms with Gasteiger partial charge in [0.2, 0.25) is 0 Å². The SMILES string of the molecule is C[C@H](NC(=O)NCc1ccnc(N2CCCCC2)c1)c1cccs1. The number of hydrogen-bond donors (Lipinski definition) is 2. The van der Waals surface area contributed by atoms with Crippen LogP contribution in [0.15, 0.2) is 35.8 Å². The number of urea groups is 1. The molecule has 0 aliphatic carbocycles. The highest BCUT2D eigenvalue weighted by molar-refractivity contribution is 7.10. The first-order valence-electron chi connectivity index (χ1n) is 8.50. The molecule has 0 aromatic carbocycles. The molecule has 0 radical (unpaired) electrons. The van der Waals surface area contributed by atoms with Crippen LogP contribution in [0, 0.1) is 0 Å². The summed E-state index contributed by atoms with van der Waals surface area (Å²) in [5.74, 6) is 1.02. The van der Waals surface area contributed by atoms with E-state index < -0.39 is 0 Å². The second-order valence-electron chi connectivity index (χ2n) is 6.13. The van der Waals surface area contributed by atoms with Crippen molar-refractivity contribution in [1.82, 2.24) is 15.6 Å². The van der Waals surface area contributed by atoms with Crippen molar-refractivity contribution in [1.29, 1.82) is 0 Å². The summed E-state index contributed by atoms with van der Waals surface area (Å²) in [4.78, 5) is 20.0. The zero-order valence-corrected chi connectivity index (χ0v) is 14.8. The summed E-state index contributed by atoms with van der Waals surface area (Å²) in [6.45, 7) is 4.64. The second-order valence-corrected chi connectivity index (χ2v) is 7.11. The molecular weight excluding hydrogens is 320 g/mol. The number of carbonyl (C=O) groups excluding carboxylic acids is 1. The highest BCUT2D eigenvalue weighted by Crippen LogP contribution is 2.19. The number of pyridine rings is 1. The van der Waals surface area contributed by atoms with Gasteiger partial charge in [-0.05, 0) is 55.3 Å². The first-order chi connectivity index (χ1) is 11.7. The Hall–Kier alpha value is -2.08. The molecule has 3 rings (SSSR count). The van der Waals surface area contributed by atoms with Crippen LogP contribution in [0.25, 0.3) is 0 Å². The van der Waals surface area contributed by atoms with Crippen LogP contribution in [0.2, 0.25) is 0 Å². The van der Waals surface area contributed by atoms with E-state index in [1.54, 1.807) is 11.3 Å². The smallest absolute Gasteiger partial charge is 0.315 e. The standard InChI is InChI=1S/C18H24N4OS/c1-14(16-6-5-11-24-16)21-18(23)20-13-15-7-8-19-17(12-15)22-9-3-2-4-10-22/h5-8,11-12,14H,2-4,9-10,13H2,1H3,(H2,20,21,23)/t14-/m0/s1. The monoisotopic (exact) mass is 344 g/mol. The first-order valence-corrected chi connectivity index (χ1v) is 9.38. The van der Waals surface area contributed by atoms with E-state index >= 15 is 0 Å². The molecule has 1 aliphatic heterocycles. The van der Waals surface area contributed by atoms with Crippen LogP contribution in [0.1, 0.15) is 42.7 Å². The lowest BCUT2D eigenvalue weighted by Gasteiger charge is -2.27. The van der Waals surface area contributed by atoms with Gasteiger partial charge >= 0.3 is 6.03 Å². The van der Waals surface area contributed by atoms with E-state index in [1.165, 1.54) is 19.3 Å². The predicted molar refractivity (Wildman–Crippen MR) is 98.4 cm³/mol. The summed E-state index contributed by atoms with van der Waals surface area (Å²) < 4.78 is 0. The lowest BCUT2D eigenvalue weighted by Crippen LogP contribution is -2.36. The number of aromatic nitrogens is 1. The van der Waals surface area contributed by atoms with Crippen LogP contribution < -0.4 is 15.5 Å². The summed E-state index contributed by atoms with van der Waals surface area (Å²) in [6, 6.07) is 7.93. The highest BCUT2D eigenvalue weighted by Gasteiger charge is 2.13. The minimum atomic E-state index is -0.146. The molecule has 0 unspecified atom stereocenters. The topological polar surface area (TPSA) is 57.3 Å². The van der Waals surface area contributed by atoms with Gasteiger partial charge in [-0.25, -0.2) is 9.78 Å². The van der Waals surface area contributed by atoms with Gasteiger partial charge in [0.05, 0.1) is 6.04 Å². The van der Waals surface area contributed by atoms with E-state index in [0.717, 1.165) is 29.3 Å². The van der Waals surface area contributed by atoms with Crippen molar-refractivity contribution >= 4 is 23.2 Å². The molecule has 2 aromatic heterocycles. The maximum atomic E-state index is 12.1. The highest BCUT2D eigenvalue weighted by atomic mass is 32.1. The number of anilines is 1. The molecular formula is C18H24N4OS. The summed E-state index contributed by atoms with van der Waals surface area (Å²) in [5.41, 5.74) is 1.07. The zero-order valence-electron chi connectivity index (χ0n) is 14.0. The molecule has 2 aromatic rings. The maximum Gasteiger partial charge on any atom is 0.315 e. The molecule has 2 amide bonds. The second kappa shape index (κ2) is 8.15. The molecule has 2 N–H and O–H groups in total. The number of amides is 2. The maximum absolute atomic E-state index is 12.1. The lowest BCUT2D eigenvalue weighted by atomic mass is 10.1. The summed E-state index contributed by atoms with van der Waals surface area (Å²) in [7, 11) is 0. The predicted octanol–water partition coefficient (Wildman–Crippen LogP) is 3.69. The van der Waals surface area contributed by atoms with E-state index in [0.29, 0.717) is 6.54 Å². The number of hydrogen-bond acceptors (Lipinski definition) is 4. The Morgan fingerprint density at radius 3 is 2.92 bits per heavy atom. The van der Waals surface area contributed by atoms with Gasteiger partial charge < -0.3 is 15.5 Å². The molecule has 1 saturated heterocycles. The van der Waals surface area contributed by atoms with Crippen molar-refractivity contribution in [3.63, 3.8) is 0 Å². The Labute approximate surface area is 147 Å². The van der Waals surface area contributed by atoms with E-state index in [-0.39, 0.29) is 12.1 Å². The van der Waals surface area contributed by atoms with Gasteiger partial charge in [-0.3, -0.25) is 0 Å². The first kappa shape index (κ1) is 16.8. The lowest BCUT2D eigenvalue weighted by molar-refractivity contribution is 0.237. The van der Waals surface area contributed by atoms with Crippen molar-refractivity contribution in [3.8, 4) is 0 Å². The van der Waals surface area contributed by atoms with Crippen molar-refractivity contribution < 1.29 is 4.79 Å². The quantitative estimate of drug-likeness (QED) is 0.870. The molecule has 0 bridgehead atoms. The molecule has 128 valence electrons. The fraction of sp³-hybridized carbons (Fsp3) is 0.444. The third kappa shape index (κ3) is 4.47. The van der Waals surface area contributed by atoms with E-state index in [4.69, 9.17) is 0 Å². The molecule has 5 nitrogen and oxygen atoms in total. The molecule has 3 heterocycles. The Morgan fingerprint density at radius 1 is 1.33 bits per heavy atom. The van der Waals surface area contributed by atoms with Crippen LogP contribution in [0.5, 0.6) is 0 Å². The normalized spacial score (nSPS) is 15.8. The van der Waals surface area contributed by atoms with Crippen LogP contribution in [0.4, 0.5) is 10.6 Å². The molecule has 6 heteroatoms. The molecule has 0 saturated carbocycles. The van der Waals surface area contributed by atoms with Crippen LogP contribution >= 0.6 is 11.3 Å². The Morgan fingerprint density at radius 2 is 2.17 bits per heavy atom. The number of nitrogens with one attached hydrogen (secondary N) is 2. The van der Waals surface area contributed by atoms with Crippen LogP contribution in [0.3, 0.4) is 0 Å². The minimum Gasteiger partial charge on any atom is -0.357 e. The average Bonchev–Trinajstić information content (AvgIpc) is 3.16. The van der Waals surface area contributed by atoms with Crippen molar-refractivity contribution in [2.75, 3.05) is 18.0 Å². The number of piperidine rings is 1. The van der Waals surface area contributed by atoms with Gasteiger partial charge in [-0.2, -0.15) is 0 Å². The largest absolute Gasteiger partial charge is 0.357 e. The van der Waals surface area contributed by atoms with Crippen molar-refractivity contribution in [3.05, 3.63) is 46.3 Å². The number of thiophene rings is 1. The zero-order chi connectivity index (χ0) is 16.8. The van der Waals surface area contributed by atoms with Gasteiger partial charge in [0.15, 0.2) is 0 Å². The minimum absolute atomic E-state index is 0.0198. The van der Waals surface area contributed by atoms with Crippen molar-refractivity contribution in [2.45, 2.75) is 38.8 Å². The number of nitrogens with zero attached hydrogens (tertiary/aromatic N) is 2. The molecule has 1 atom stereocenters. The van der Waals surface area contributed by atoms with E-state index in [9.17, 15) is 4.79 Å². The molecule has 0 spiro atoms. The van der Waals surface area contributed by atoms with E-state index in [1.807, 2.05) is 36.7 Å². The van der Waals surface area contributed by atoms with Gasteiger partial charge in [-0.15, -0.1) is 11.3 Å². The van der Waals surface area contributed by atoms with Gasteiger partial charge in [-0.1, -0.05) is 6.07 Å². The van der Waals surface area contributed by atoms with Gasteiger partial charge in [0.25, 0.3) is 0 Å². The Bertz CT molecular complexity index is 653. The Balaban J connectivity index is 1.51. The summed E-state index contributed by atoms with van der Waals surface area (Å²) >= 11 is 1.65. The van der Waals surface area contributed by atoms with Crippen LogP contribution in [-0.4, -0.2) is 24.1 Å². The number of rotatable bonds is 5. The van der Waals surface area contributed by atoms with Gasteiger partial charge in [0, 0.05) is 30.7 Å². The van der Waals surface area contributed by atoms with Crippen LogP contribution in [-0.2, 0) is 6.54 Å². The fourth-order valence-corrected chi connectivity index (χ4v) is 3.64. The van der Waals surface area contributed by atoms with E-state index in [2.05, 4.69) is 26.6 Å². The molecule has 1 aliphatic rings. The fourth-order valence-electron chi connectivity index (χ4n) is 2.91. The van der Waals surface area contributed by atoms with Gasteiger partial charge in [0.1, 0.15) is 5.82 Å². The summed E-state index contributed by atoms with van der Waals surface area (Å²) in [5, 5.41) is 7.91. The number of carbonyl (C=O) groups is 1. The third-order valence-corrected chi connectivity index (χ3v) is 5.32. The molecule has 24 heavy (non-hydrogen) atoms. The third-order valence-electron chi connectivity index (χ3n) is 4.26. The molecule has 1 fully saturated rings.